The number of quaternary nitrogens is 1. The summed E-state index contributed by atoms with van der Waals surface area (Å²) in [6.45, 7) is 6.71. The molecule has 0 aliphatic heterocycles. The van der Waals surface area contributed by atoms with Gasteiger partial charge in [0, 0.05) is 25.4 Å². The van der Waals surface area contributed by atoms with Crippen molar-refractivity contribution in [3.63, 3.8) is 0 Å². The van der Waals surface area contributed by atoms with Crippen molar-refractivity contribution in [1.82, 2.24) is 20.3 Å². The van der Waals surface area contributed by atoms with Gasteiger partial charge < -0.3 is 40.6 Å². The minimum absolute atomic E-state index is 0. The van der Waals surface area contributed by atoms with E-state index in [9.17, 15) is 9.59 Å². The fraction of sp³-hybridized carbons (Fsp3) is 0.818. The number of aromatic nitrogens is 3. The Morgan fingerprint density at radius 3 is 2.58 bits per heavy atom. The van der Waals surface area contributed by atoms with Crippen LogP contribution in [0.3, 0.4) is 0 Å². The molecule has 0 fully saturated rings. The van der Waals surface area contributed by atoms with E-state index < -0.39 is 0 Å². The van der Waals surface area contributed by atoms with Crippen LogP contribution in [0.1, 0.15) is 58.1 Å². The topological polar surface area (TPSA) is 114 Å². The highest BCUT2D eigenvalue weighted by Gasteiger charge is 2.26. The number of nitrogens with zero attached hydrogens (tertiary/aromatic N) is 3. The van der Waals surface area contributed by atoms with Crippen LogP contribution in [-0.4, -0.2) is 71.4 Å². The number of rotatable bonds is 19. The lowest BCUT2D eigenvalue weighted by atomic mass is 9.91. The lowest BCUT2D eigenvalue weighted by Crippen LogP contribution is -3.00. The second-order valence-electron chi connectivity index (χ2n) is 8.17. The van der Waals surface area contributed by atoms with Crippen LogP contribution in [0.2, 0.25) is 0 Å². The third kappa shape index (κ3) is 15.0. The molecule has 33 heavy (non-hydrogen) atoms. The number of ketones is 2. The van der Waals surface area contributed by atoms with Crippen LogP contribution in [0.15, 0.2) is 6.20 Å². The first-order valence-corrected chi connectivity index (χ1v) is 13.4. The first-order valence-electron chi connectivity index (χ1n) is 11.5. The van der Waals surface area contributed by atoms with Crippen molar-refractivity contribution in [3.05, 3.63) is 11.9 Å². The molecule has 1 heterocycles. The lowest BCUT2D eigenvalue weighted by molar-refractivity contribution is -0.368. The number of unbranched alkanes of at least 4 members (excludes halogenated alkanes) is 1. The molecule has 0 aliphatic rings. The summed E-state index contributed by atoms with van der Waals surface area (Å²) in [6.07, 6.45) is 9.08. The van der Waals surface area contributed by atoms with E-state index in [0.717, 1.165) is 62.5 Å². The molecule has 11 heteroatoms. The SMILES string of the molecule is CCCOCCn1cc(C[S+](C)CC[C@H](CC(=O)[C@H](CCCC[NH3+])NC)C(C)=O)nn1.[Cl-].[Cl-]. The molecule has 194 valence electrons. The zero-order valence-corrected chi connectivity index (χ0v) is 23.0. The summed E-state index contributed by atoms with van der Waals surface area (Å²) >= 11 is 0. The lowest BCUT2D eigenvalue weighted by Gasteiger charge is -2.18. The molecule has 1 aromatic rings. The van der Waals surface area contributed by atoms with Crippen molar-refractivity contribution in [1.29, 1.82) is 0 Å². The maximum atomic E-state index is 12.7. The molecule has 4 N–H and O–H groups in total. The van der Waals surface area contributed by atoms with Crippen LogP contribution >= 0.6 is 0 Å². The summed E-state index contributed by atoms with van der Waals surface area (Å²) < 4.78 is 7.32. The van der Waals surface area contributed by atoms with Crippen molar-refractivity contribution in [2.45, 2.75) is 70.7 Å². The van der Waals surface area contributed by atoms with Crippen LogP contribution in [0.4, 0.5) is 0 Å². The van der Waals surface area contributed by atoms with Gasteiger partial charge in [0.05, 0.1) is 38.2 Å². The summed E-state index contributed by atoms with van der Waals surface area (Å²) in [7, 11) is 1.90. The zero-order valence-electron chi connectivity index (χ0n) is 20.7. The number of hydrogen-bond acceptors (Lipinski definition) is 6. The average Bonchev–Trinajstić information content (AvgIpc) is 3.18. The Hall–Kier alpha value is -0.710. The van der Waals surface area contributed by atoms with E-state index >= 15 is 0 Å². The maximum Gasteiger partial charge on any atom is 0.153 e. The molecule has 8 nitrogen and oxygen atoms in total. The van der Waals surface area contributed by atoms with Crippen molar-refractivity contribution in [3.8, 4) is 0 Å². The number of ether oxygens (including phenoxy) is 1. The van der Waals surface area contributed by atoms with Gasteiger partial charge in [0.2, 0.25) is 0 Å². The average molecular weight is 529 g/mol. The van der Waals surface area contributed by atoms with Crippen molar-refractivity contribution in [2.24, 2.45) is 5.92 Å². The zero-order chi connectivity index (χ0) is 23.1. The predicted octanol–water partition coefficient (Wildman–Crippen LogP) is -4.98. The Balaban J connectivity index is 0. The summed E-state index contributed by atoms with van der Waals surface area (Å²) in [5, 5.41) is 11.6. The second-order valence-corrected chi connectivity index (χ2v) is 10.4. The van der Waals surface area contributed by atoms with Crippen LogP contribution in [0, 0.1) is 5.92 Å². The van der Waals surface area contributed by atoms with E-state index in [1.807, 2.05) is 17.9 Å². The minimum atomic E-state index is -0.197. The van der Waals surface area contributed by atoms with Crippen LogP contribution in [0.5, 0.6) is 0 Å². The van der Waals surface area contributed by atoms with E-state index in [0.29, 0.717) is 19.6 Å². The number of hydrogen-bond donors (Lipinski definition) is 2. The molecular formula is C22H43Cl2N5O3S. The Morgan fingerprint density at radius 1 is 1.24 bits per heavy atom. The van der Waals surface area contributed by atoms with Crippen molar-refractivity contribution in [2.75, 3.05) is 38.8 Å². The molecule has 0 amide bonds. The van der Waals surface area contributed by atoms with E-state index in [-0.39, 0.29) is 59.2 Å². The smallest absolute Gasteiger partial charge is 0.153 e. The number of carbonyl (C=O) groups is 2. The second kappa shape index (κ2) is 20.6. The van der Waals surface area contributed by atoms with Gasteiger partial charge in [-0.2, -0.15) is 0 Å². The molecule has 3 atom stereocenters. The molecule has 1 unspecified atom stereocenters. The summed E-state index contributed by atoms with van der Waals surface area (Å²) in [6, 6.07) is -0.162. The number of likely N-dealkylation sites (N-methyl/N-ethyl adjacent to an activating group) is 1. The first-order chi connectivity index (χ1) is 14.9. The summed E-state index contributed by atoms with van der Waals surface area (Å²) in [4.78, 5) is 24.8. The Morgan fingerprint density at radius 2 is 1.97 bits per heavy atom. The quantitative estimate of drug-likeness (QED) is 0.137. The van der Waals surface area contributed by atoms with Crippen LogP contribution in [0.25, 0.3) is 0 Å². The number of nitrogens with one attached hydrogen (secondary N) is 1. The highest BCUT2D eigenvalue weighted by Crippen LogP contribution is 2.17. The first kappa shape index (κ1) is 34.5. The molecule has 1 aromatic heterocycles. The molecular weight excluding hydrogens is 485 g/mol. The number of carbonyl (C=O) groups excluding carboxylic acids is 2. The van der Waals surface area contributed by atoms with E-state index in [2.05, 4.69) is 34.5 Å². The van der Waals surface area contributed by atoms with Gasteiger partial charge in [-0.05, 0) is 50.5 Å². The Kier molecular flexibility index (Phi) is 21.6. The standard InChI is InChI=1S/C22H42N5O3S.2ClH/c1-5-12-30-13-11-27-16-20(25-26-27)17-31(4)14-9-19(18(2)28)15-22(29)21(24-3)8-6-7-10-23;;/h16,19,21,24H,5-15,17,23H2,1-4H3;2*1H/q+1;;/p-1/t19-,21+,31?;;/m1../s1. The third-order valence-electron chi connectivity index (χ3n) is 5.36. The molecule has 0 bridgehead atoms. The van der Waals surface area contributed by atoms with Crippen LogP contribution < -0.4 is 35.9 Å². The summed E-state index contributed by atoms with van der Waals surface area (Å²) in [5.74, 6) is 1.82. The monoisotopic (exact) mass is 527 g/mol. The molecule has 0 saturated carbocycles. The molecule has 0 aromatic carbocycles. The fourth-order valence-electron chi connectivity index (χ4n) is 3.41. The normalized spacial score (nSPS) is 13.5. The van der Waals surface area contributed by atoms with Crippen molar-refractivity contribution >= 4 is 22.5 Å². The van der Waals surface area contributed by atoms with Crippen LogP contribution in [-0.2, 0) is 37.5 Å². The Bertz CT molecular complexity index is 651. The fourth-order valence-corrected chi connectivity index (χ4v) is 4.88. The van der Waals surface area contributed by atoms with Gasteiger partial charge in [-0.1, -0.05) is 12.1 Å². The number of halogens is 2. The molecule has 0 radical (unpaired) electrons. The van der Waals surface area contributed by atoms with Gasteiger partial charge in [0.1, 0.15) is 23.0 Å². The summed E-state index contributed by atoms with van der Waals surface area (Å²) in [5.41, 5.74) is 4.82. The highest BCUT2D eigenvalue weighted by molar-refractivity contribution is 7.95. The third-order valence-corrected chi connectivity index (χ3v) is 7.08. The highest BCUT2D eigenvalue weighted by atomic mass is 35.5. The van der Waals surface area contributed by atoms with Crippen molar-refractivity contribution < 1.29 is 44.9 Å². The van der Waals surface area contributed by atoms with Gasteiger partial charge in [-0.3, -0.25) is 9.59 Å². The van der Waals surface area contributed by atoms with Gasteiger partial charge in [0.25, 0.3) is 0 Å². The largest absolute Gasteiger partial charge is 1.00 e. The van der Waals surface area contributed by atoms with Gasteiger partial charge in [-0.15, -0.1) is 5.10 Å². The van der Waals surface area contributed by atoms with Gasteiger partial charge >= 0.3 is 0 Å². The van der Waals surface area contributed by atoms with Gasteiger partial charge in [-0.25, -0.2) is 4.68 Å². The maximum absolute atomic E-state index is 12.7. The number of Topliss-reactive ketones (excluding diaryl/α,β-unsaturated/α-hetero) is 2. The molecule has 0 spiro atoms. The predicted molar refractivity (Wildman–Crippen MR) is 126 cm³/mol. The molecule has 1 rings (SSSR count). The molecule has 0 saturated heterocycles. The van der Waals surface area contributed by atoms with E-state index in [1.54, 1.807) is 6.92 Å². The minimum Gasteiger partial charge on any atom is -1.00 e. The van der Waals surface area contributed by atoms with E-state index in [4.69, 9.17) is 4.74 Å². The molecule has 0 aliphatic carbocycles. The Labute approximate surface area is 214 Å². The van der Waals surface area contributed by atoms with Gasteiger partial charge in [0.15, 0.2) is 5.75 Å². The van der Waals surface area contributed by atoms with E-state index in [1.165, 1.54) is 0 Å².